The van der Waals surface area contributed by atoms with Crippen LogP contribution in [0.15, 0.2) is 18.2 Å². The van der Waals surface area contributed by atoms with Crippen LogP contribution in [0.2, 0.25) is 0 Å². The van der Waals surface area contributed by atoms with Gasteiger partial charge in [-0.2, -0.15) is 4.68 Å². The molecule has 1 saturated carbocycles. The van der Waals surface area contributed by atoms with Crippen molar-refractivity contribution in [2.45, 2.75) is 58.4 Å². The molecule has 0 spiro atoms. The molecule has 1 heterocycles. The quantitative estimate of drug-likeness (QED) is 0.922. The summed E-state index contributed by atoms with van der Waals surface area (Å²) in [6.45, 7) is 6.24. The molecule has 3 rings (SSSR count). The van der Waals surface area contributed by atoms with Crippen molar-refractivity contribution in [3.63, 3.8) is 0 Å². The van der Waals surface area contributed by atoms with Gasteiger partial charge in [0.25, 0.3) is 0 Å². The molecule has 1 fully saturated rings. The molecule has 1 N–H and O–H groups in total. The molecule has 0 aliphatic heterocycles. The number of carbonyl (C=O) groups excluding carboxylic acids is 1. The lowest BCUT2D eigenvalue weighted by Gasteiger charge is -2.36. The molecule has 0 radical (unpaired) electrons. The molecule has 7 heteroatoms. The number of hydrogen-bond donors (Lipinski definition) is 1. The number of rotatable bonds is 4. The van der Waals surface area contributed by atoms with Crippen molar-refractivity contribution >= 4 is 6.09 Å². The molecule has 1 aromatic carbocycles. The fourth-order valence-electron chi connectivity index (χ4n) is 3.61. The van der Waals surface area contributed by atoms with E-state index in [0.29, 0.717) is 12.4 Å². The molecule has 0 bridgehead atoms. The van der Waals surface area contributed by atoms with Gasteiger partial charge in [0.15, 0.2) is 5.82 Å². The van der Waals surface area contributed by atoms with E-state index in [9.17, 15) is 4.79 Å². The van der Waals surface area contributed by atoms with Crippen LogP contribution in [0, 0.1) is 13.8 Å². The van der Waals surface area contributed by atoms with Gasteiger partial charge in [0.05, 0.1) is 12.3 Å². The minimum absolute atomic E-state index is 0.337. The highest BCUT2D eigenvalue weighted by Crippen LogP contribution is 2.37. The van der Waals surface area contributed by atoms with Crippen molar-refractivity contribution in [1.82, 2.24) is 25.5 Å². The number of aryl methyl sites for hydroxylation is 2. The van der Waals surface area contributed by atoms with Crippen molar-refractivity contribution in [2.24, 2.45) is 0 Å². The van der Waals surface area contributed by atoms with Crippen LogP contribution in [0.4, 0.5) is 4.79 Å². The van der Waals surface area contributed by atoms with Gasteiger partial charge in [-0.1, -0.05) is 37.0 Å². The zero-order chi connectivity index (χ0) is 17.9. The molecule has 2 aromatic rings. The average Bonchev–Trinajstić information content (AvgIpc) is 3.06. The van der Waals surface area contributed by atoms with E-state index in [1.54, 1.807) is 11.6 Å². The summed E-state index contributed by atoms with van der Waals surface area (Å²) < 4.78 is 6.88. The van der Waals surface area contributed by atoms with Crippen molar-refractivity contribution in [2.75, 3.05) is 6.61 Å². The molecular weight excluding hydrogens is 318 g/mol. The monoisotopic (exact) mass is 343 g/mol. The molecule has 7 nitrogen and oxygen atoms in total. The van der Waals surface area contributed by atoms with E-state index in [0.717, 1.165) is 43.4 Å². The summed E-state index contributed by atoms with van der Waals surface area (Å²) in [4.78, 5) is 12.2. The highest BCUT2D eigenvalue weighted by Gasteiger charge is 2.41. The van der Waals surface area contributed by atoms with Gasteiger partial charge in [0.1, 0.15) is 5.54 Å². The summed E-state index contributed by atoms with van der Waals surface area (Å²) in [7, 11) is 0. The van der Waals surface area contributed by atoms with Crippen LogP contribution in [0.5, 0.6) is 0 Å². The van der Waals surface area contributed by atoms with E-state index >= 15 is 0 Å². The van der Waals surface area contributed by atoms with E-state index in [2.05, 4.69) is 33.8 Å². The van der Waals surface area contributed by atoms with Crippen LogP contribution >= 0.6 is 0 Å². The van der Waals surface area contributed by atoms with Crippen molar-refractivity contribution in [1.29, 1.82) is 0 Å². The Morgan fingerprint density at radius 3 is 2.72 bits per heavy atom. The van der Waals surface area contributed by atoms with Gasteiger partial charge in [-0.05, 0) is 55.7 Å². The second kappa shape index (κ2) is 7.21. The third-order valence-electron chi connectivity index (χ3n) is 4.80. The second-order valence-corrected chi connectivity index (χ2v) is 6.69. The van der Waals surface area contributed by atoms with Crippen LogP contribution in [0.25, 0.3) is 5.69 Å². The molecule has 25 heavy (non-hydrogen) atoms. The van der Waals surface area contributed by atoms with Gasteiger partial charge < -0.3 is 10.1 Å². The van der Waals surface area contributed by atoms with Crippen LogP contribution in [-0.2, 0) is 10.3 Å². The third-order valence-corrected chi connectivity index (χ3v) is 4.80. The summed E-state index contributed by atoms with van der Waals surface area (Å²) in [6.07, 6.45) is 4.38. The topological polar surface area (TPSA) is 81.9 Å². The van der Waals surface area contributed by atoms with Crippen molar-refractivity contribution in [3.05, 3.63) is 35.2 Å². The Kier molecular flexibility index (Phi) is 5.01. The number of hydrogen-bond acceptors (Lipinski definition) is 5. The van der Waals surface area contributed by atoms with Gasteiger partial charge in [-0.25, -0.2) is 4.79 Å². The number of nitrogens with one attached hydrogen (secondary N) is 1. The maximum absolute atomic E-state index is 12.2. The summed E-state index contributed by atoms with van der Waals surface area (Å²) >= 11 is 0. The number of tetrazole rings is 1. The van der Waals surface area contributed by atoms with Gasteiger partial charge in [-0.15, -0.1) is 5.10 Å². The maximum atomic E-state index is 12.2. The first kappa shape index (κ1) is 17.4. The standard InChI is InChI=1S/C18H25N5O2/c1-4-25-17(24)19-18(10-6-5-7-11-18)16-20-21-22-23(16)15-9-8-13(2)12-14(15)3/h8-9,12H,4-7,10-11H2,1-3H3,(H,19,24). The molecule has 1 aromatic heterocycles. The van der Waals surface area contributed by atoms with Crippen LogP contribution in [0.3, 0.4) is 0 Å². The van der Waals surface area contributed by atoms with Gasteiger partial charge >= 0.3 is 6.09 Å². The molecule has 1 aliphatic rings. The number of aromatic nitrogens is 4. The molecule has 0 unspecified atom stereocenters. The normalized spacial score (nSPS) is 16.4. The number of amides is 1. The number of carbonyl (C=O) groups is 1. The smallest absolute Gasteiger partial charge is 0.407 e. The number of alkyl carbamates (subject to hydrolysis) is 1. The summed E-state index contributed by atoms with van der Waals surface area (Å²) in [5.41, 5.74) is 2.62. The molecule has 0 atom stereocenters. The lowest BCUT2D eigenvalue weighted by molar-refractivity contribution is 0.124. The van der Waals surface area contributed by atoms with Crippen molar-refractivity contribution < 1.29 is 9.53 Å². The minimum atomic E-state index is -0.592. The summed E-state index contributed by atoms with van der Waals surface area (Å²) in [5, 5.41) is 15.5. The van der Waals surface area contributed by atoms with E-state index in [1.807, 2.05) is 19.1 Å². The highest BCUT2D eigenvalue weighted by molar-refractivity contribution is 5.68. The van der Waals surface area contributed by atoms with Crippen LogP contribution in [-0.4, -0.2) is 32.9 Å². The first-order valence-electron chi connectivity index (χ1n) is 8.87. The van der Waals surface area contributed by atoms with Crippen LogP contribution < -0.4 is 5.32 Å². The Hall–Kier alpha value is -2.44. The average molecular weight is 343 g/mol. The number of benzene rings is 1. The van der Waals surface area contributed by atoms with E-state index in [4.69, 9.17) is 4.74 Å². The predicted octanol–water partition coefficient (Wildman–Crippen LogP) is 3.18. The Morgan fingerprint density at radius 1 is 1.28 bits per heavy atom. The van der Waals surface area contributed by atoms with Gasteiger partial charge in [0.2, 0.25) is 0 Å². The third kappa shape index (κ3) is 3.50. The Balaban J connectivity index is 2.03. The lowest BCUT2D eigenvalue weighted by atomic mass is 9.81. The lowest BCUT2D eigenvalue weighted by Crippen LogP contribution is -2.49. The molecular formula is C18H25N5O2. The maximum Gasteiger partial charge on any atom is 0.407 e. The Morgan fingerprint density at radius 2 is 2.04 bits per heavy atom. The molecule has 134 valence electrons. The SMILES string of the molecule is CCOC(=O)NC1(c2nnnn2-c2ccc(C)cc2C)CCCCC1. The highest BCUT2D eigenvalue weighted by atomic mass is 16.5. The molecule has 1 aliphatic carbocycles. The van der Waals surface area contributed by atoms with Gasteiger partial charge in [-0.3, -0.25) is 0 Å². The Bertz CT molecular complexity index is 750. The first-order valence-corrected chi connectivity index (χ1v) is 8.87. The largest absolute Gasteiger partial charge is 0.450 e. The molecule has 0 saturated heterocycles. The second-order valence-electron chi connectivity index (χ2n) is 6.69. The number of ether oxygens (including phenoxy) is 1. The summed E-state index contributed by atoms with van der Waals surface area (Å²) in [5.74, 6) is 0.673. The fraction of sp³-hybridized carbons (Fsp3) is 0.556. The molecule has 1 amide bonds. The minimum Gasteiger partial charge on any atom is -0.450 e. The predicted molar refractivity (Wildman–Crippen MR) is 93.5 cm³/mol. The fourth-order valence-corrected chi connectivity index (χ4v) is 3.61. The number of nitrogens with zero attached hydrogens (tertiary/aromatic N) is 4. The first-order chi connectivity index (χ1) is 12.1. The van der Waals surface area contributed by atoms with E-state index < -0.39 is 11.6 Å². The zero-order valence-electron chi connectivity index (χ0n) is 15.1. The van der Waals surface area contributed by atoms with Crippen LogP contribution in [0.1, 0.15) is 56.0 Å². The Labute approximate surface area is 147 Å². The van der Waals surface area contributed by atoms with E-state index in [-0.39, 0.29) is 0 Å². The van der Waals surface area contributed by atoms with Gasteiger partial charge in [0, 0.05) is 0 Å². The zero-order valence-corrected chi connectivity index (χ0v) is 15.1. The van der Waals surface area contributed by atoms with E-state index in [1.165, 1.54) is 5.56 Å². The van der Waals surface area contributed by atoms with Crippen molar-refractivity contribution in [3.8, 4) is 5.69 Å². The summed E-state index contributed by atoms with van der Waals surface area (Å²) in [6, 6.07) is 6.17.